The van der Waals surface area contributed by atoms with Gasteiger partial charge in [0.05, 0.1) is 5.41 Å². The smallest absolute Gasteiger partial charge is 0.194 e. The van der Waals surface area contributed by atoms with E-state index in [2.05, 4.69) is 106 Å². The number of ketones is 1. The molecule has 1 atom stereocenters. The normalized spacial score (nSPS) is 17.8. The van der Waals surface area contributed by atoms with Crippen LogP contribution in [0.15, 0.2) is 72.8 Å². The van der Waals surface area contributed by atoms with E-state index in [4.69, 9.17) is 0 Å². The molecular weight excluding hydrogens is 390 g/mol. The molecule has 0 saturated heterocycles. The molecule has 2 nitrogen and oxygen atoms in total. The zero-order chi connectivity index (χ0) is 22.2. The molecule has 0 bridgehead atoms. The fraction of sp³-hybridized carbons (Fsp3) is 0.167. The van der Waals surface area contributed by atoms with Crippen LogP contribution < -0.4 is 5.32 Å². The molecule has 0 fully saturated rings. The molecule has 32 heavy (non-hydrogen) atoms. The highest BCUT2D eigenvalue weighted by atomic mass is 16.1. The van der Waals surface area contributed by atoms with Crippen molar-refractivity contribution in [2.24, 2.45) is 0 Å². The van der Waals surface area contributed by atoms with Crippen molar-refractivity contribution in [2.75, 3.05) is 5.32 Å². The van der Waals surface area contributed by atoms with Gasteiger partial charge in [-0.1, -0.05) is 66.2 Å². The lowest BCUT2D eigenvalue weighted by atomic mass is 9.56. The fourth-order valence-electron chi connectivity index (χ4n) is 5.97. The highest BCUT2D eigenvalue weighted by Gasteiger charge is 2.51. The molecule has 0 aromatic heterocycles. The summed E-state index contributed by atoms with van der Waals surface area (Å²) in [5.41, 5.74) is 12.4. The van der Waals surface area contributed by atoms with Crippen LogP contribution in [0.3, 0.4) is 0 Å². The molecule has 6 rings (SSSR count). The lowest BCUT2D eigenvalue weighted by molar-refractivity contribution is 0.103. The Labute approximate surface area is 188 Å². The molecule has 4 aromatic rings. The molecule has 0 saturated carbocycles. The summed E-state index contributed by atoms with van der Waals surface area (Å²) < 4.78 is 0. The number of hydrogen-bond donors (Lipinski definition) is 1. The average molecular weight is 416 g/mol. The standard InChI is InChI=1S/C30H25NO/c1-17-12-15-25-23(16-17)30(21-9-5-6-11-24(21)31-25)22-10-7-8-18(2)26(22)29(32)27-19(3)13-14-20(4)28(27)30/h5-16,31H,1-4H3. The minimum atomic E-state index is -0.552. The molecular formula is C30H25NO. The number of rotatable bonds is 0. The van der Waals surface area contributed by atoms with Crippen molar-refractivity contribution in [3.05, 3.63) is 128 Å². The van der Waals surface area contributed by atoms with E-state index in [-0.39, 0.29) is 5.78 Å². The van der Waals surface area contributed by atoms with Gasteiger partial charge >= 0.3 is 0 Å². The highest BCUT2D eigenvalue weighted by Crippen LogP contribution is 2.58. The van der Waals surface area contributed by atoms with Crippen molar-refractivity contribution in [3.8, 4) is 0 Å². The van der Waals surface area contributed by atoms with Crippen molar-refractivity contribution >= 4 is 17.2 Å². The summed E-state index contributed by atoms with van der Waals surface area (Å²) >= 11 is 0. The second-order valence-electron chi connectivity index (χ2n) is 9.25. The van der Waals surface area contributed by atoms with Gasteiger partial charge in [-0.05, 0) is 78.8 Å². The number of nitrogens with one attached hydrogen (secondary N) is 1. The first kappa shape index (κ1) is 19.1. The lowest BCUT2D eigenvalue weighted by Crippen LogP contribution is -2.42. The zero-order valence-corrected chi connectivity index (χ0v) is 18.8. The largest absolute Gasteiger partial charge is 0.355 e. The number of aryl methyl sites for hydroxylation is 4. The van der Waals surface area contributed by atoms with E-state index < -0.39 is 5.41 Å². The quantitative estimate of drug-likeness (QED) is 0.292. The van der Waals surface area contributed by atoms with Crippen molar-refractivity contribution in [2.45, 2.75) is 33.1 Å². The van der Waals surface area contributed by atoms with Crippen LogP contribution in [-0.4, -0.2) is 5.78 Å². The third kappa shape index (κ3) is 2.22. The minimum Gasteiger partial charge on any atom is -0.355 e. The van der Waals surface area contributed by atoms with Gasteiger partial charge in [0.1, 0.15) is 0 Å². The number of carbonyl (C=O) groups excluding carboxylic acids is 1. The molecule has 2 heteroatoms. The number of anilines is 2. The predicted molar refractivity (Wildman–Crippen MR) is 130 cm³/mol. The molecule has 0 radical (unpaired) electrons. The Balaban J connectivity index is 1.93. The third-order valence-corrected chi connectivity index (χ3v) is 7.31. The van der Waals surface area contributed by atoms with Gasteiger partial charge in [0.2, 0.25) is 0 Å². The second kappa shape index (κ2) is 6.43. The maximum atomic E-state index is 14.0. The molecule has 156 valence electrons. The minimum absolute atomic E-state index is 0.144. The first-order valence-electron chi connectivity index (χ1n) is 11.2. The molecule has 1 aliphatic carbocycles. The summed E-state index contributed by atoms with van der Waals surface area (Å²) in [4.78, 5) is 14.0. The summed E-state index contributed by atoms with van der Waals surface area (Å²) in [6, 6.07) is 25.8. The number of benzene rings is 4. The highest BCUT2D eigenvalue weighted by molar-refractivity contribution is 6.16. The SMILES string of the molecule is Cc1ccc2c(c1)C1(c3ccccc3N2)c2cccc(C)c2C(=O)c2c(C)ccc(C)c21. The van der Waals surface area contributed by atoms with Gasteiger partial charge in [-0.2, -0.15) is 0 Å². The van der Waals surface area contributed by atoms with Crippen LogP contribution in [-0.2, 0) is 5.41 Å². The van der Waals surface area contributed by atoms with Crippen LogP contribution in [0.25, 0.3) is 0 Å². The van der Waals surface area contributed by atoms with Crippen LogP contribution in [0.4, 0.5) is 11.4 Å². The van der Waals surface area contributed by atoms with Crippen LogP contribution in [0.5, 0.6) is 0 Å². The van der Waals surface area contributed by atoms with Gasteiger partial charge in [-0.3, -0.25) is 4.79 Å². The Morgan fingerprint density at radius 1 is 0.625 bits per heavy atom. The summed E-state index contributed by atoms with van der Waals surface area (Å²) in [6.07, 6.45) is 0. The number of carbonyl (C=O) groups is 1. The number of para-hydroxylation sites is 1. The van der Waals surface area contributed by atoms with Crippen LogP contribution in [0, 0.1) is 27.7 Å². The van der Waals surface area contributed by atoms with E-state index in [9.17, 15) is 4.79 Å². The van der Waals surface area contributed by atoms with Crippen molar-refractivity contribution in [3.63, 3.8) is 0 Å². The van der Waals surface area contributed by atoms with Gasteiger partial charge in [-0.15, -0.1) is 0 Å². The van der Waals surface area contributed by atoms with Crippen LogP contribution in [0.1, 0.15) is 60.4 Å². The molecule has 2 aliphatic rings. The first-order valence-corrected chi connectivity index (χ1v) is 11.2. The molecule has 0 amide bonds. The summed E-state index contributed by atoms with van der Waals surface area (Å²) in [5, 5.41) is 3.68. The van der Waals surface area contributed by atoms with Gasteiger partial charge in [0.15, 0.2) is 5.78 Å². The number of hydrogen-bond acceptors (Lipinski definition) is 2. The summed E-state index contributed by atoms with van der Waals surface area (Å²) in [7, 11) is 0. The monoisotopic (exact) mass is 415 g/mol. The summed E-state index contributed by atoms with van der Waals surface area (Å²) in [6.45, 7) is 8.42. The van der Waals surface area contributed by atoms with Crippen molar-refractivity contribution in [1.29, 1.82) is 0 Å². The summed E-state index contributed by atoms with van der Waals surface area (Å²) in [5.74, 6) is 0.144. The maximum Gasteiger partial charge on any atom is 0.194 e. The topological polar surface area (TPSA) is 29.1 Å². The van der Waals surface area contributed by atoms with Crippen molar-refractivity contribution < 1.29 is 4.79 Å². The van der Waals surface area contributed by atoms with Gasteiger partial charge < -0.3 is 5.32 Å². The predicted octanol–water partition coefficient (Wildman–Crippen LogP) is 6.90. The second-order valence-corrected chi connectivity index (χ2v) is 9.25. The first-order chi connectivity index (χ1) is 15.4. The average Bonchev–Trinajstić information content (AvgIpc) is 2.78. The van der Waals surface area contributed by atoms with Crippen LogP contribution >= 0.6 is 0 Å². The van der Waals surface area contributed by atoms with E-state index in [1.807, 2.05) is 0 Å². The maximum absolute atomic E-state index is 14.0. The Kier molecular flexibility index (Phi) is 3.83. The molecule has 1 spiro atoms. The Bertz CT molecular complexity index is 1460. The Hall–Kier alpha value is -3.65. The fourth-order valence-corrected chi connectivity index (χ4v) is 5.97. The zero-order valence-electron chi connectivity index (χ0n) is 18.8. The molecule has 4 aromatic carbocycles. The van der Waals surface area contributed by atoms with E-state index >= 15 is 0 Å². The number of fused-ring (bicyclic) bond motifs is 8. The Morgan fingerprint density at radius 2 is 1.31 bits per heavy atom. The molecule has 1 N–H and O–H groups in total. The third-order valence-electron chi connectivity index (χ3n) is 7.31. The van der Waals surface area contributed by atoms with Gasteiger partial charge in [0, 0.05) is 22.5 Å². The lowest BCUT2D eigenvalue weighted by Gasteiger charge is -2.47. The van der Waals surface area contributed by atoms with Crippen molar-refractivity contribution in [1.82, 2.24) is 0 Å². The van der Waals surface area contributed by atoms with Gasteiger partial charge in [-0.25, -0.2) is 0 Å². The van der Waals surface area contributed by atoms with E-state index in [0.717, 1.165) is 50.3 Å². The van der Waals surface area contributed by atoms with E-state index in [1.165, 1.54) is 16.7 Å². The van der Waals surface area contributed by atoms with Gasteiger partial charge in [0.25, 0.3) is 0 Å². The van der Waals surface area contributed by atoms with Crippen LogP contribution in [0.2, 0.25) is 0 Å². The molecule has 1 unspecified atom stereocenters. The molecule has 1 heterocycles. The van der Waals surface area contributed by atoms with E-state index in [1.54, 1.807) is 0 Å². The van der Waals surface area contributed by atoms with E-state index in [0.29, 0.717) is 0 Å². The Morgan fingerprint density at radius 3 is 2.16 bits per heavy atom. The molecule has 1 aliphatic heterocycles.